The van der Waals surface area contributed by atoms with Crippen molar-refractivity contribution in [1.82, 2.24) is 20.0 Å². The Hall–Kier alpha value is -2.05. The largest absolute Gasteiger partial charge is 0.481 e. The van der Waals surface area contributed by atoms with Crippen LogP contribution in [0.2, 0.25) is 0 Å². The molecule has 0 saturated carbocycles. The van der Waals surface area contributed by atoms with Crippen LogP contribution >= 0.6 is 0 Å². The van der Waals surface area contributed by atoms with Gasteiger partial charge in [0, 0.05) is 32.4 Å². The molecule has 1 atom stereocenters. The molecule has 0 saturated heterocycles. The predicted octanol–water partition coefficient (Wildman–Crippen LogP) is 0.672. The van der Waals surface area contributed by atoms with Gasteiger partial charge in [0.1, 0.15) is 0 Å². The van der Waals surface area contributed by atoms with Crippen LogP contribution in [0, 0.1) is 5.92 Å². The molecule has 1 unspecified atom stereocenters. The molecule has 0 aliphatic rings. The first-order chi connectivity index (χ1) is 8.93. The van der Waals surface area contributed by atoms with Gasteiger partial charge in [-0.3, -0.25) is 9.48 Å². The van der Waals surface area contributed by atoms with Crippen LogP contribution in [-0.4, -0.2) is 45.4 Å². The van der Waals surface area contributed by atoms with Gasteiger partial charge in [0.25, 0.3) is 0 Å². The first-order valence-electron chi connectivity index (χ1n) is 6.13. The van der Waals surface area contributed by atoms with Crippen LogP contribution in [0.3, 0.4) is 0 Å². The Morgan fingerprint density at radius 2 is 2.26 bits per heavy atom. The fourth-order valence-corrected chi connectivity index (χ4v) is 1.65. The second-order valence-corrected chi connectivity index (χ2v) is 4.51. The Labute approximate surface area is 112 Å². The van der Waals surface area contributed by atoms with Crippen molar-refractivity contribution in [2.45, 2.75) is 19.9 Å². The van der Waals surface area contributed by atoms with Crippen molar-refractivity contribution in [2.24, 2.45) is 13.0 Å². The number of nitrogens with zero attached hydrogens (tertiary/aromatic N) is 3. The number of carbonyl (C=O) groups is 2. The molecular weight excluding hydrogens is 248 g/mol. The lowest BCUT2D eigenvalue weighted by atomic mass is 10.1. The van der Waals surface area contributed by atoms with Crippen LogP contribution in [0.15, 0.2) is 12.4 Å². The standard InChI is InChI=1S/C12H20N4O3/c1-4-10(11(17)18)6-13-12(19)15(2)7-9-5-14-16(3)8-9/h5,8,10H,4,6-7H2,1-3H3,(H,13,19)(H,17,18). The topological polar surface area (TPSA) is 87.5 Å². The van der Waals surface area contributed by atoms with Gasteiger partial charge in [0.05, 0.1) is 18.7 Å². The molecule has 0 radical (unpaired) electrons. The van der Waals surface area contributed by atoms with Gasteiger partial charge in [-0.25, -0.2) is 4.79 Å². The molecule has 1 heterocycles. The van der Waals surface area contributed by atoms with Crippen molar-refractivity contribution in [3.8, 4) is 0 Å². The zero-order chi connectivity index (χ0) is 14.4. The molecule has 1 aromatic heterocycles. The number of aliphatic carboxylic acids is 1. The van der Waals surface area contributed by atoms with E-state index in [1.807, 2.05) is 13.2 Å². The van der Waals surface area contributed by atoms with Crippen LogP contribution < -0.4 is 5.32 Å². The molecule has 106 valence electrons. The smallest absolute Gasteiger partial charge is 0.317 e. The highest BCUT2D eigenvalue weighted by atomic mass is 16.4. The number of hydrogen-bond donors (Lipinski definition) is 2. The van der Waals surface area contributed by atoms with Crippen LogP contribution in [0.4, 0.5) is 4.79 Å². The molecule has 0 aliphatic heterocycles. The van der Waals surface area contributed by atoms with Gasteiger partial charge in [0.2, 0.25) is 0 Å². The van der Waals surface area contributed by atoms with Gasteiger partial charge < -0.3 is 15.3 Å². The third-order valence-corrected chi connectivity index (χ3v) is 2.87. The molecule has 7 nitrogen and oxygen atoms in total. The van der Waals surface area contributed by atoms with E-state index in [0.717, 1.165) is 5.56 Å². The van der Waals surface area contributed by atoms with Crippen molar-refractivity contribution in [2.75, 3.05) is 13.6 Å². The van der Waals surface area contributed by atoms with Gasteiger partial charge in [-0.1, -0.05) is 6.92 Å². The van der Waals surface area contributed by atoms with Crippen molar-refractivity contribution in [3.63, 3.8) is 0 Å². The maximum absolute atomic E-state index is 11.8. The molecule has 0 aromatic carbocycles. The molecule has 7 heteroatoms. The minimum absolute atomic E-state index is 0.141. The quantitative estimate of drug-likeness (QED) is 0.794. The minimum atomic E-state index is -0.891. The molecule has 2 N–H and O–H groups in total. The fraction of sp³-hybridized carbons (Fsp3) is 0.583. The van der Waals surface area contributed by atoms with E-state index in [-0.39, 0.29) is 12.6 Å². The summed E-state index contributed by atoms with van der Waals surface area (Å²) < 4.78 is 1.67. The van der Waals surface area contributed by atoms with E-state index in [1.165, 1.54) is 4.90 Å². The lowest BCUT2D eigenvalue weighted by Crippen LogP contribution is -2.40. The Morgan fingerprint density at radius 1 is 1.58 bits per heavy atom. The number of carboxylic acids is 1. The number of carbonyl (C=O) groups excluding carboxylic acids is 1. The molecule has 2 amide bonds. The average Bonchev–Trinajstić information content (AvgIpc) is 2.74. The fourth-order valence-electron chi connectivity index (χ4n) is 1.65. The number of aryl methyl sites for hydroxylation is 1. The number of carboxylic acid groups (broad SMARTS) is 1. The van der Waals surface area contributed by atoms with Crippen molar-refractivity contribution >= 4 is 12.0 Å². The highest BCUT2D eigenvalue weighted by molar-refractivity contribution is 5.75. The highest BCUT2D eigenvalue weighted by Crippen LogP contribution is 2.03. The number of amides is 2. The lowest BCUT2D eigenvalue weighted by Gasteiger charge is -2.18. The summed E-state index contributed by atoms with van der Waals surface area (Å²) in [6.07, 6.45) is 4.01. The summed E-state index contributed by atoms with van der Waals surface area (Å²) in [5.74, 6) is -1.44. The Kier molecular flexibility index (Phi) is 5.35. The summed E-state index contributed by atoms with van der Waals surface area (Å²) >= 11 is 0. The summed E-state index contributed by atoms with van der Waals surface area (Å²) in [6.45, 7) is 2.36. The van der Waals surface area contributed by atoms with E-state index < -0.39 is 11.9 Å². The summed E-state index contributed by atoms with van der Waals surface area (Å²) in [6, 6.07) is -0.288. The number of nitrogens with one attached hydrogen (secondary N) is 1. The van der Waals surface area contributed by atoms with Crippen molar-refractivity contribution < 1.29 is 14.7 Å². The average molecular weight is 268 g/mol. The molecule has 19 heavy (non-hydrogen) atoms. The summed E-state index contributed by atoms with van der Waals surface area (Å²) in [5.41, 5.74) is 0.922. The van der Waals surface area contributed by atoms with Gasteiger partial charge in [0.15, 0.2) is 0 Å². The van der Waals surface area contributed by atoms with Crippen molar-refractivity contribution in [1.29, 1.82) is 0 Å². The minimum Gasteiger partial charge on any atom is -0.481 e. The van der Waals surface area contributed by atoms with Gasteiger partial charge in [-0.05, 0) is 6.42 Å². The van der Waals surface area contributed by atoms with E-state index in [0.29, 0.717) is 13.0 Å². The lowest BCUT2D eigenvalue weighted by molar-refractivity contribution is -0.141. The maximum atomic E-state index is 11.8. The number of rotatable bonds is 6. The zero-order valence-corrected chi connectivity index (χ0v) is 11.5. The number of hydrogen-bond acceptors (Lipinski definition) is 3. The number of urea groups is 1. The van der Waals surface area contributed by atoms with E-state index in [2.05, 4.69) is 10.4 Å². The van der Waals surface area contributed by atoms with Gasteiger partial charge in [-0.2, -0.15) is 5.10 Å². The predicted molar refractivity (Wildman–Crippen MR) is 69.5 cm³/mol. The SMILES string of the molecule is CCC(CNC(=O)N(C)Cc1cnn(C)c1)C(=O)O. The second-order valence-electron chi connectivity index (χ2n) is 4.51. The zero-order valence-electron chi connectivity index (χ0n) is 11.5. The van der Waals surface area contributed by atoms with Crippen LogP contribution in [0.1, 0.15) is 18.9 Å². The Morgan fingerprint density at radius 3 is 2.74 bits per heavy atom. The van der Waals surface area contributed by atoms with E-state index in [4.69, 9.17) is 5.11 Å². The third-order valence-electron chi connectivity index (χ3n) is 2.87. The highest BCUT2D eigenvalue weighted by Gasteiger charge is 2.17. The van der Waals surface area contributed by atoms with Gasteiger partial charge in [-0.15, -0.1) is 0 Å². The molecule has 1 rings (SSSR count). The monoisotopic (exact) mass is 268 g/mol. The van der Waals surface area contributed by atoms with Gasteiger partial charge >= 0.3 is 12.0 Å². The van der Waals surface area contributed by atoms with Crippen LogP contribution in [0.25, 0.3) is 0 Å². The molecule has 0 aliphatic carbocycles. The Balaban J connectivity index is 2.42. The van der Waals surface area contributed by atoms with Crippen LogP contribution in [-0.2, 0) is 18.4 Å². The molecule has 1 aromatic rings. The van der Waals surface area contributed by atoms with Crippen LogP contribution in [0.5, 0.6) is 0 Å². The van der Waals surface area contributed by atoms with E-state index in [9.17, 15) is 9.59 Å². The second kappa shape index (κ2) is 6.77. The molecule has 0 fully saturated rings. The van der Waals surface area contributed by atoms with Crippen molar-refractivity contribution in [3.05, 3.63) is 18.0 Å². The first-order valence-corrected chi connectivity index (χ1v) is 6.13. The third kappa shape index (κ3) is 4.61. The molecule has 0 bridgehead atoms. The molecule has 0 spiro atoms. The summed E-state index contributed by atoms with van der Waals surface area (Å²) in [5, 5.41) is 15.5. The first kappa shape index (κ1) is 15.0. The molecular formula is C12H20N4O3. The summed E-state index contributed by atoms with van der Waals surface area (Å²) in [7, 11) is 3.46. The van der Waals surface area contributed by atoms with E-state index in [1.54, 1.807) is 24.9 Å². The Bertz CT molecular complexity index is 444. The van der Waals surface area contributed by atoms with E-state index >= 15 is 0 Å². The summed E-state index contributed by atoms with van der Waals surface area (Å²) in [4.78, 5) is 24.1. The maximum Gasteiger partial charge on any atom is 0.317 e. The number of aromatic nitrogens is 2. The normalized spacial score (nSPS) is 11.9.